The minimum atomic E-state index is -0.562. The number of ether oxygens (including phenoxy) is 1. The van der Waals surface area contributed by atoms with Crippen molar-refractivity contribution in [3.63, 3.8) is 0 Å². The van der Waals surface area contributed by atoms with Crippen LogP contribution in [-0.2, 0) is 0 Å². The summed E-state index contributed by atoms with van der Waals surface area (Å²) in [4.78, 5) is 12.6. The topological polar surface area (TPSA) is 25.4 Å². The summed E-state index contributed by atoms with van der Waals surface area (Å²) >= 11 is -1.11. The third-order valence-electron chi connectivity index (χ3n) is 22.0. The quantitative estimate of drug-likeness (QED) is 0.120. The van der Waals surface area contributed by atoms with Crippen molar-refractivity contribution in [2.75, 3.05) is 24.5 Å². The van der Waals surface area contributed by atoms with Gasteiger partial charge >= 0.3 is 341 Å². The van der Waals surface area contributed by atoms with Crippen molar-refractivity contribution < 1.29 is 4.74 Å². The van der Waals surface area contributed by atoms with Crippen molar-refractivity contribution >= 4 is 208 Å². The number of anilines is 15. The van der Waals surface area contributed by atoms with E-state index in [-0.39, 0.29) is 13.4 Å². The maximum absolute atomic E-state index is 8.14. The van der Waals surface area contributed by atoms with Crippen LogP contribution in [0.25, 0.3) is 57.4 Å². The monoisotopic (exact) mass is 1580 g/mol. The van der Waals surface area contributed by atoms with Gasteiger partial charge in [0.2, 0.25) is 0 Å². The van der Waals surface area contributed by atoms with E-state index in [9.17, 15) is 0 Å². The van der Waals surface area contributed by atoms with Gasteiger partial charge in [-0.05, 0) is 76.6 Å². The summed E-state index contributed by atoms with van der Waals surface area (Å²) < 4.78 is 14.1. The number of benzene rings is 16. The molecule has 6 heterocycles. The molecule has 18 aromatic rings. The molecule has 0 bridgehead atoms. The van der Waals surface area contributed by atoms with Crippen LogP contribution in [0.2, 0.25) is 0 Å². The normalized spacial score (nSPS) is 12.9. The maximum atomic E-state index is 8.14. The molecule has 0 fully saturated rings. The summed E-state index contributed by atoms with van der Waals surface area (Å²) in [5, 5.41) is 5.38. The molecule has 0 radical (unpaired) electrons. The molecule has 16 aromatic carbocycles. The minimum Gasteiger partial charge on any atom is -0.0616 e. The van der Waals surface area contributed by atoms with Crippen molar-refractivity contribution in [2.24, 2.45) is 0 Å². The van der Waals surface area contributed by atoms with Gasteiger partial charge in [-0.25, -0.2) is 0 Å². The Morgan fingerprint density at radius 1 is 0.245 bits per heavy atom. The summed E-state index contributed by atoms with van der Waals surface area (Å²) in [6.07, 6.45) is 0. The SMILES string of the molecule is c1ccc(-c2cccc(-c3ccccc3)c2N2c3cc4c(cc3B3c5ccccc5N(c5ccccc5)c5cc(N(c6ccccc6)c6ccccc6)cc2c53)B2c3ccccc3N(c3ccc5[te]c6ccccc6c5c3)c3cc(N(c5ccccc5)c5ccc6[te]c7ccccc7c6c5)cc(c32)O4)cc1. The summed E-state index contributed by atoms with van der Waals surface area (Å²) in [7, 11) is 0. The third kappa shape index (κ3) is 9.72. The van der Waals surface area contributed by atoms with Gasteiger partial charge in [0.15, 0.2) is 0 Å². The first-order chi connectivity index (χ1) is 52.6. The summed E-state index contributed by atoms with van der Waals surface area (Å²) in [5.41, 5.74) is 27.8. The number of fused-ring (bicyclic) bond motifs is 14. The molecule has 10 heteroatoms. The standard InChI is InChI=1S/C96H61B2N5OTe2/c1-7-28-62(29-8-1)72-42-27-43-73(63-30-9-2-10-31-63)96(72)103-84-61-88-81(60-80(84)97-78-44-21-23-46-82(78)101(67-38-17-6-18-39-67)85-56-70(57-86(103)94(85)97)99(64-32-11-3-12-33-64)65-34-13-4-14-35-65)98-79-45-22-24-47-83(79)102(69-51-53-93-77(55-69)75-41-20-26-49-91(75)106-93)87-58-71(59-89(104-88)95(87)98)100(66-36-15-5-16-37-66)68-50-52-92-76(54-68)74-40-19-25-48-90(74)105-92/h1-61H. The predicted octanol–water partition coefficient (Wildman–Crippen LogP) is 21.2. The van der Waals surface area contributed by atoms with E-state index in [4.69, 9.17) is 4.74 Å². The van der Waals surface area contributed by atoms with E-state index in [2.05, 4.69) is 395 Å². The summed E-state index contributed by atoms with van der Waals surface area (Å²) in [6, 6.07) is 138. The fourth-order valence-electron chi connectivity index (χ4n) is 17.6. The molecular formula is C96H61B2N5OTe2. The Morgan fingerprint density at radius 2 is 0.689 bits per heavy atom. The first kappa shape index (κ1) is 61.5. The van der Waals surface area contributed by atoms with E-state index < -0.39 is 40.9 Å². The zero-order valence-corrected chi connectivity index (χ0v) is 62.0. The molecule has 0 aliphatic carbocycles. The molecular weight excluding hydrogens is 1520 g/mol. The second-order valence-electron chi connectivity index (χ2n) is 27.8. The predicted molar refractivity (Wildman–Crippen MR) is 450 cm³/mol. The molecule has 2 aromatic heterocycles. The van der Waals surface area contributed by atoms with Gasteiger partial charge in [-0.3, -0.25) is 0 Å². The van der Waals surface area contributed by atoms with Crippen LogP contribution in [0.15, 0.2) is 370 Å². The zero-order chi connectivity index (χ0) is 69.5. The van der Waals surface area contributed by atoms with Gasteiger partial charge in [-0.2, -0.15) is 0 Å². The van der Waals surface area contributed by atoms with E-state index in [1.165, 1.54) is 57.0 Å². The molecule has 0 N–H and O–H groups in total. The number of para-hydroxylation sites is 7. The molecule has 4 aliphatic heterocycles. The van der Waals surface area contributed by atoms with Gasteiger partial charge in [0, 0.05) is 45.3 Å². The fraction of sp³-hybridized carbons (Fsp3) is 0. The van der Waals surface area contributed by atoms with Crippen LogP contribution in [0.3, 0.4) is 0 Å². The summed E-state index contributed by atoms with van der Waals surface area (Å²) in [6.45, 7) is -0.484. The van der Waals surface area contributed by atoms with Crippen molar-refractivity contribution in [1.82, 2.24) is 0 Å². The van der Waals surface area contributed by atoms with Gasteiger partial charge in [-0.15, -0.1) is 0 Å². The third-order valence-corrected chi connectivity index (χ3v) is 28.6. The van der Waals surface area contributed by atoms with Crippen LogP contribution in [-0.4, -0.2) is 54.3 Å². The first-order valence-electron chi connectivity index (χ1n) is 36.3. The maximum Gasteiger partial charge on any atom is -0.0543 e. The van der Waals surface area contributed by atoms with Crippen LogP contribution < -0.4 is 62.0 Å². The Labute approximate surface area is 635 Å². The average molecular weight is 1580 g/mol. The Bertz CT molecular complexity index is 6460. The van der Waals surface area contributed by atoms with Crippen LogP contribution in [0.1, 0.15) is 0 Å². The molecule has 494 valence electrons. The molecule has 0 amide bonds. The molecule has 6 nitrogen and oxygen atoms in total. The molecule has 0 spiro atoms. The Hall–Kier alpha value is -12.0. The zero-order valence-electron chi connectivity index (χ0n) is 57.3. The van der Waals surface area contributed by atoms with Crippen molar-refractivity contribution in [2.45, 2.75) is 0 Å². The van der Waals surface area contributed by atoms with Gasteiger partial charge in [-0.1, -0.05) is 152 Å². The smallest absolute Gasteiger partial charge is 0.0543 e. The van der Waals surface area contributed by atoms with E-state index >= 15 is 0 Å². The molecule has 0 unspecified atom stereocenters. The van der Waals surface area contributed by atoms with Gasteiger partial charge in [0.1, 0.15) is 0 Å². The van der Waals surface area contributed by atoms with Crippen molar-refractivity contribution in [3.05, 3.63) is 370 Å². The molecule has 0 saturated carbocycles. The minimum absolute atomic E-state index is 0.241. The van der Waals surface area contributed by atoms with E-state index in [1.807, 2.05) is 0 Å². The fourth-order valence-corrected chi connectivity index (χ4v) is 23.8. The van der Waals surface area contributed by atoms with Crippen molar-refractivity contribution in [1.29, 1.82) is 0 Å². The first-order valence-corrected chi connectivity index (χ1v) is 40.9. The van der Waals surface area contributed by atoms with Crippen LogP contribution >= 0.6 is 0 Å². The Balaban J connectivity index is 0.851. The van der Waals surface area contributed by atoms with Crippen molar-refractivity contribution in [3.8, 4) is 33.8 Å². The Kier molecular flexibility index (Phi) is 14.4. The summed E-state index contributed by atoms with van der Waals surface area (Å²) in [5.74, 6) is 1.65. The van der Waals surface area contributed by atoms with Gasteiger partial charge in [0.05, 0.1) is 11.4 Å². The molecule has 22 rings (SSSR count). The van der Waals surface area contributed by atoms with Gasteiger partial charge < -0.3 is 14.7 Å². The van der Waals surface area contributed by atoms with E-state index in [1.54, 1.807) is 0 Å². The molecule has 0 atom stereocenters. The van der Waals surface area contributed by atoms with E-state index in [0.29, 0.717) is 0 Å². The molecule has 0 saturated heterocycles. The van der Waals surface area contributed by atoms with Crippen LogP contribution in [0.4, 0.5) is 85.3 Å². The molecule has 4 aliphatic rings. The molecule has 106 heavy (non-hydrogen) atoms. The number of rotatable bonds is 11. The average Bonchev–Trinajstić information content (AvgIpc) is 0.803. The van der Waals surface area contributed by atoms with Crippen LogP contribution in [0, 0.1) is 0 Å². The van der Waals surface area contributed by atoms with Crippen LogP contribution in [0.5, 0.6) is 11.5 Å². The second kappa shape index (κ2) is 24.9. The largest absolute Gasteiger partial charge is 0.0616 e. The number of hydrogen-bond acceptors (Lipinski definition) is 6. The van der Waals surface area contributed by atoms with Gasteiger partial charge in [0.25, 0.3) is 0 Å². The number of hydrogen-bond donors (Lipinski definition) is 0. The Morgan fingerprint density at radius 3 is 1.27 bits per heavy atom. The second-order valence-corrected chi connectivity index (χ2v) is 34.0. The van der Waals surface area contributed by atoms with E-state index in [0.717, 1.165) is 130 Å². The number of nitrogens with zero attached hydrogens (tertiary/aromatic N) is 5.